The SMILES string of the molecule is N#Cc1c(NC(=O)/C=C/c2cccnc2)sc2c1CCC(OC(=O)N1CCC(O)C1)C2. The molecule has 31 heavy (non-hydrogen) atoms. The number of aliphatic hydroxyl groups is 1. The summed E-state index contributed by atoms with van der Waals surface area (Å²) >= 11 is 1.35. The number of ether oxygens (including phenoxy) is 1. The summed E-state index contributed by atoms with van der Waals surface area (Å²) in [5.41, 5.74) is 2.21. The molecule has 1 saturated heterocycles. The molecule has 1 fully saturated rings. The Kier molecular flexibility index (Phi) is 6.30. The molecule has 2 aromatic rings. The molecule has 2 aliphatic rings. The molecule has 0 spiro atoms. The molecule has 2 N–H and O–H groups in total. The summed E-state index contributed by atoms with van der Waals surface area (Å²) in [5.74, 6) is -0.325. The number of pyridine rings is 1. The topological polar surface area (TPSA) is 116 Å². The number of amides is 2. The molecule has 2 unspecified atom stereocenters. The molecule has 2 atom stereocenters. The number of hydrogen-bond donors (Lipinski definition) is 2. The molecule has 9 heteroatoms. The first-order valence-corrected chi connectivity index (χ1v) is 10.9. The normalized spacial score (nSPS) is 20.3. The largest absolute Gasteiger partial charge is 0.446 e. The lowest BCUT2D eigenvalue weighted by Gasteiger charge is -2.25. The summed E-state index contributed by atoms with van der Waals surface area (Å²) in [6, 6.07) is 5.83. The third kappa shape index (κ3) is 4.93. The summed E-state index contributed by atoms with van der Waals surface area (Å²) in [7, 11) is 0. The molecular weight excluding hydrogens is 416 g/mol. The second-order valence-electron chi connectivity index (χ2n) is 7.57. The van der Waals surface area contributed by atoms with E-state index in [9.17, 15) is 20.0 Å². The number of thiophene rings is 1. The van der Waals surface area contributed by atoms with E-state index in [0.717, 1.165) is 16.0 Å². The van der Waals surface area contributed by atoms with Crippen LogP contribution in [0.1, 0.15) is 34.4 Å². The maximum atomic E-state index is 12.3. The van der Waals surface area contributed by atoms with Gasteiger partial charge in [0.25, 0.3) is 0 Å². The van der Waals surface area contributed by atoms with Gasteiger partial charge in [-0.05, 0) is 42.5 Å². The number of aliphatic hydroxyl groups excluding tert-OH is 1. The van der Waals surface area contributed by atoms with Crippen molar-refractivity contribution in [3.8, 4) is 6.07 Å². The van der Waals surface area contributed by atoms with Crippen LogP contribution in [0.5, 0.6) is 0 Å². The van der Waals surface area contributed by atoms with Crippen molar-refractivity contribution in [3.05, 3.63) is 52.2 Å². The number of nitriles is 1. The third-order valence-electron chi connectivity index (χ3n) is 5.37. The van der Waals surface area contributed by atoms with Gasteiger partial charge in [0, 0.05) is 42.9 Å². The Morgan fingerprint density at radius 2 is 2.29 bits per heavy atom. The molecule has 0 aromatic carbocycles. The second-order valence-corrected chi connectivity index (χ2v) is 8.67. The standard InChI is InChI=1S/C22H22N4O4S/c23-11-18-17-5-4-16(30-22(29)26-9-7-15(27)13-26)10-19(17)31-21(18)25-20(28)6-3-14-2-1-8-24-12-14/h1-3,6,8,12,15-16,27H,4-5,7,9-10,13H2,(H,25,28)/b6-3+. The Hall–Kier alpha value is -3.22. The Labute approximate surface area is 183 Å². The number of carbonyl (C=O) groups is 2. The molecule has 1 aliphatic heterocycles. The van der Waals surface area contributed by atoms with Crippen LogP contribution in [-0.4, -0.2) is 52.3 Å². The molecule has 0 radical (unpaired) electrons. The molecule has 3 heterocycles. The van der Waals surface area contributed by atoms with Gasteiger partial charge in [-0.1, -0.05) is 6.07 Å². The van der Waals surface area contributed by atoms with Gasteiger partial charge in [0.1, 0.15) is 17.2 Å². The maximum absolute atomic E-state index is 12.3. The van der Waals surface area contributed by atoms with E-state index >= 15 is 0 Å². The lowest BCUT2D eigenvalue weighted by molar-refractivity contribution is -0.111. The quantitative estimate of drug-likeness (QED) is 0.709. The highest BCUT2D eigenvalue weighted by Gasteiger charge is 2.31. The minimum absolute atomic E-state index is 0.281. The van der Waals surface area contributed by atoms with Crippen LogP contribution in [0, 0.1) is 11.3 Å². The van der Waals surface area contributed by atoms with Gasteiger partial charge in [-0.2, -0.15) is 5.26 Å². The highest BCUT2D eigenvalue weighted by atomic mass is 32.1. The van der Waals surface area contributed by atoms with E-state index in [2.05, 4.69) is 16.4 Å². The van der Waals surface area contributed by atoms with Crippen molar-refractivity contribution >= 4 is 34.4 Å². The van der Waals surface area contributed by atoms with E-state index in [0.29, 0.717) is 49.3 Å². The summed E-state index contributed by atoms with van der Waals surface area (Å²) in [4.78, 5) is 31.1. The molecule has 160 valence electrons. The van der Waals surface area contributed by atoms with Gasteiger partial charge < -0.3 is 20.1 Å². The molecule has 8 nitrogen and oxygen atoms in total. The predicted molar refractivity (Wildman–Crippen MR) is 115 cm³/mol. The second kappa shape index (κ2) is 9.29. The first kappa shape index (κ1) is 21.0. The Balaban J connectivity index is 1.41. The number of likely N-dealkylation sites (tertiary alicyclic amines) is 1. The van der Waals surface area contributed by atoms with Gasteiger partial charge >= 0.3 is 6.09 Å². The average Bonchev–Trinajstić information content (AvgIpc) is 3.35. The third-order valence-corrected chi connectivity index (χ3v) is 6.54. The zero-order chi connectivity index (χ0) is 21.8. The molecule has 0 saturated carbocycles. The number of carbonyl (C=O) groups excluding carboxylic acids is 2. The van der Waals surface area contributed by atoms with Crippen LogP contribution >= 0.6 is 11.3 Å². The number of anilines is 1. The van der Waals surface area contributed by atoms with Crippen molar-refractivity contribution in [2.24, 2.45) is 0 Å². The van der Waals surface area contributed by atoms with Gasteiger partial charge in [-0.15, -0.1) is 11.3 Å². The van der Waals surface area contributed by atoms with Crippen molar-refractivity contribution in [2.45, 2.75) is 37.9 Å². The van der Waals surface area contributed by atoms with E-state index in [1.807, 2.05) is 6.07 Å². The number of β-amino-alcohol motifs (C(OH)–C–C–N with tert-alkyl or cyclic N) is 1. The zero-order valence-electron chi connectivity index (χ0n) is 16.8. The first-order valence-electron chi connectivity index (χ1n) is 10.1. The number of aromatic nitrogens is 1. The van der Waals surface area contributed by atoms with Gasteiger partial charge in [0.05, 0.1) is 11.7 Å². The van der Waals surface area contributed by atoms with Crippen LogP contribution in [0.3, 0.4) is 0 Å². The Morgan fingerprint density at radius 3 is 3.00 bits per heavy atom. The van der Waals surface area contributed by atoms with Crippen LogP contribution in [0.15, 0.2) is 30.6 Å². The van der Waals surface area contributed by atoms with Crippen LogP contribution in [-0.2, 0) is 22.4 Å². The minimum Gasteiger partial charge on any atom is -0.446 e. The number of nitrogens with one attached hydrogen (secondary N) is 1. The average molecular weight is 439 g/mol. The number of hydrogen-bond acceptors (Lipinski definition) is 7. The predicted octanol–water partition coefficient (Wildman–Crippen LogP) is 2.73. The van der Waals surface area contributed by atoms with Crippen LogP contribution in [0.4, 0.5) is 9.80 Å². The Bertz CT molecular complexity index is 1040. The van der Waals surface area contributed by atoms with Crippen LogP contribution < -0.4 is 5.32 Å². The van der Waals surface area contributed by atoms with Crippen molar-refractivity contribution in [3.63, 3.8) is 0 Å². The Morgan fingerprint density at radius 1 is 1.42 bits per heavy atom. The summed E-state index contributed by atoms with van der Waals surface area (Å²) in [6.07, 6.45) is 7.51. The molecule has 2 aromatic heterocycles. The zero-order valence-corrected chi connectivity index (χ0v) is 17.6. The number of rotatable bonds is 4. The van der Waals surface area contributed by atoms with E-state index in [1.165, 1.54) is 22.3 Å². The van der Waals surface area contributed by atoms with Gasteiger partial charge in [0.15, 0.2) is 0 Å². The lowest BCUT2D eigenvalue weighted by atomic mass is 9.94. The highest BCUT2D eigenvalue weighted by Crippen LogP contribution is 2.38. The molecule has 2 amide bonds. The van der Waals surface area contributed by atoms with Crippen LogP contribution in [0.2, 0.25) is 0 Å². The lowest BCUT2D eigenvalue weighted by Crippen LogP contribution is -2.35. The van der Waals surface area contributed by atoms with E-state index in [1.54, 1.807) is 24.5 Å². The molecule has 0 bridgehead atoms. The fourth-order valence-corrected chi connectivity index (χ4v) is 5.05. The molecule has 4 rings (SSSR count). The first-order chi connectivity index (χ1) is 15.0. The highest BCUT2D eigenvalue weighted by molar-refractivity contribution is 7.16. The number of nitrogens with zero attached hydrogens (tertiary/aromatic N) is 3. The van der Waals surface area contributed by atoms with Crippen molar-refractivity contribution < 1.29 is 19.4 Å². The minimum atomic E-state index is -0.487. The molecule has 1 aliphatic carbocycles. The van der Waals surface area contributed by atoms with E-state index in [4.69, 9.17) is 4.74 Å². The fraction of sp³-hybridized carbons (Fsp3) is 0.364. The summed E-state index contributed by atoms with van der Waals surface area (Å²) in [6.45, 7) is 0.801. The number of fused-ring (bicyclic) bond motifs is 1. The van der Waals surface area contributed by atoms with Crippen molar-refractivity contribution in [1.29, 1.82) is 5.26 Å². The van der Waals surface area contributed by atoms with Gasteiger partial charge in [-0.25, -0.2) is 4.79 Å². The van der Waals surface area contributed by atoms with Gasteiger partial charge in [0.2, 0.25) is 5.91 Å². The van der Waals surface area contributed by atoms with Gasteiger partial charge in [-0.3, -0.25) is 9.78 Å². The van der Waals surface area contributed by atoms with E-state index < -0.39 is 12.2 Å². The smallest absolute Gasteiger partial charge is 0.410 e. The fourth-order valence-electron chi connectivity index (χ4n) is 3.79. The summed E-state index contributed by atoms with van der Waals surface area (Å²) < 4.78 is 5.63. The van der Waals surface area contributed by atoms with E-state index in [-0.39, 0.29) is 12.0 Å². The monoisotopic (exact) mass is 438 g/mol. The molecular formula is C22H22N4O4S. The summed E-state index contributed by atoms with van der Waals surface area (Å²) in [5, 5.41) is 22.5. The van der Waals surface area contributed by atoms with Crippen molar-refractivity contribution in [2.75, 3.05) is 18.4 Å². The van der Waals surface area contributed by atoms with Crippen LogP contribution in [0.25, 0.3) is 6.08 Å². The van der Waals surface area contributed by atoms with Crippen molar-refractivity contribution in [1.82, 2.24) is 9.88 Å². The maximum Gasteiger partial charge on any atom is 0.410 e.